The van der Waals surface area contributed by atoms with Crippen molar-refractivity contribution in [2.24, 2.45) is 5.73 Å². The molecule has 0 bridgehead atoms. The average molecular weight is 245 g/mol. The molecule has 0 aromatic carbocycles. The highest BCUT2D eigenvalue weighted by Crippen LogP contribution is 2.02. The maximum absolute atomic E-state index is 10.4. The summed E-state index contributed by atoms with van der Waals surface area (Å²) in [4.78, 5) is 10.4. The van der Waals surface area contributed by atoms with Crippen molar-refractivity contribution < 1.29 is 14.3 Å². The fourth-order valence-electron chi connectivity index (χ4n) is 1.83. The van der Waals surface area contributed by atoms with Crippen molar-refractivity contribution in [3.8, 4) is 0 Å². The van der Waals surface area contributed by atoms with Gasteiger partial charge in [0.15, 0.2) is 0 Å². The normalized spacial score (nSPS) is 22.3. The number of hydrogen-bond donors (Lipinski definition) is 3. The van der Waals surface area contributed by atoms with E-state index in [0.29, 0.717) is 18.7 Å². The van der Waals surface area contributed by atoms with Gasteiger partial charge in [0.1, 0.15) is 6.61 Å². The standard InChI is InChI=1S/C11H23N3O3/c1-9(6-10-7-16-5-3-14-10)13-2-4-17-8-11(12)15/h9-10,13-14H,2-8H2,1H3,(H2,12,15). The zero-order valence-corrected chi connectivity index (χ0v) is 10.4. The molecular formula is C11H23N3O3. The van der Waals surface area contributed by atoms with Crippen LogP contribution in [0.5, 0.6) is 0 Å². The Morgan fingerprint density at radius 3 is 3.18 bits per heavy atom. The first-order chi connectivity index (χ1) is 8.18. The van der Waals surface area contributed by atoms with Crippen LogP contribution in [0.25, 0.3) is 0 Å². The summed E-state index contributed by atoms with van der Waals surface area (Å²) in [7, 11) is 0. The number of primary amides is 1. The molecular weight excluding hydrogens is 222 g/mol. The molecule has 0 saturated carbocycles. The quantitative estimate of drug-likeness (QED) is 0.470. The van der Waals surface area contributed by atoms with Crippen LogP contribution in [0.1, 0.15) is 13.3 Å². The van der Waals surface area contributed by atoms with Crippen molar-refractivity contribution in [1.82, 2.24) is 10.6 Å². The van der Waals surface area contributed by atoms with E-state index in [1.54, 1.807) is 0 Å². The fraction of sp³-hybridized carbons (Fsp3) is 0.909. The molecule has 6 nitrogen and oxygen atoms in total. The lowest BCUT2D eigenvalue weighted by Gasteiger charge is -2.26. The molecule has 0 spiro atoms. The van der Waals surface area contributed by atoms with Crippen LogP contribution >= 0.6 is 0 Å². The van der Waals surface area contributed by atoms with Crippen LogP contribution in [0, 0.1) is 0 Å². The Bertz CT molecular complexity index is 220. The molecule has 0 aromatic heterocycles. The lowest BCUT2D eigenvalue weighted by atomic mass is 10.1. The molecule has 1 heterocycles. The van der Waals surface area contributed by atoms with E-state index in [-0.39, 0.29) is 6.61 Å². The number of nitrogens with one attached hydrogen (secondary N) is 2. The summed E-state index contributed by atoms with van der Waals surface area (Å²) < 4.78 is 10.4. The summed E-state index contributed by atoms with van der Waals surface area (Å²) in [6.07, 6.45) is 1.02. The molecule has 1 amide bonds. The average Bonchev–Trinajstić information content (AvgIpc) is 2.29. The molecule has 4 N–H and O–H groups in total. The van der Waals surface area contributed by atoms with Crippen molar-refractivity contribution in [2.75, 3.05) is 39.5 Å². The largest absolute Gasteiger partial charge is 0.379 e. The van der Waals surface area contributed by atoms with E-state index in [9.17, 15) is 4.79 Å². The van der Waals surface area contributed by atoms with Crippen molar-refractivity contribution in [3.63, 3.8) is 0 Å². The zero-order valence-electron chi connectivity index (χ0n) is 10.4. The summed E-state index contributed by atoms with van der Waals surface area (Å²) in [6.45, 7) is 5.87. The molecule has 0 aromatic rings. The second kappa shape index (κ2) is 8.41. The second-order valence-corrected chi connectivity index (χ2v) is 4.34. The smallest absolute Gasteiger partial charge is 0.243 e. The van der Waals surface area contributed by atoms with Crippen LogP contribution in [-0.2, 0) is 14.3 Å². The van der Waals surface area contributed by atoms with Gasteiger partial charge in [0.25, 0.3) is 0 Å². The highest BCUT2D eigenvalue weighted by Gasteiger charge is 2.15. The number of hydrogen-bond acceptors (Lipinski definition) is 5. The first-order valence-electron chi connectivity index (χ1n) is 6.09. The van der Waals surface area contributed by atoms with Crippen LogP contribution < -0.4 is 16.4 Å². The molecule has 6 heteroatoms. The van der Waals surface area contributed by atoms with Gasteiger partial charge in [-0.15, -0.1) is 0 Å². The number of carbonyl (C=O) groups excluding carboxylic acids is 1. The highest BCUT2D eigenvalue weighted by atomic mass is 16.5. The molecule has 17 heavy (non-hydrogen) atoms. The van der Waals surface area contributed by atoms with Gasteiger partial charge in [0.2, 0.25) is 5.91 Å². The van der Waals surface area contributed by atoms with Crippen molar-refractivity contribution >= 4 is 5.91 Å². The third-order valence-corrected chi connectivity index (χ3v) is 2.62. The molecule has 0 radical (unpaired) electrons. The van der Waals surface area contributed by atoms with Crippen LogP contribution in [0.2, 0.25) is 0 Å². The van der Waals surface area contributed by atoms with E-state index in [4.69, 9.17) is 15.2 Å². The predicted octanol–water partition coefficient (Wildman–Crippen LogP) is -1.16. The zero-order chi connectivity index (χ0) is 12.5. The van der Waals surface area contributed by atoms with E-state index in [1.165, 1.54) is 0 Å². The third-order valence-electron chi connectivity index (χ3n) is 2.62. The number of ether oxygens (including phenoxy) is 2. The van der Waals surface area contributed by atoms with Gasteiger partial charge in [-0.25, -0.2) is 0 Å². The number of morpholine rings is 1. The van der Waals surface area contributed by atoms with Gasteiger partial charge in [-0.1, -0.05) is 0 Å². The fourth-order valence-corrected chi connectivity index (χ4v) is 1.83. The summed E-state index contributed by atoms with van der Waals surface area (Å²) >= 11 is 0. The van der Waals surface area contributed by atoms with E-state index in [0.717, 1.165) is 32.7 Å². The summed E-state index contributed by atoms with van der Waals surface area (Å²) in [5.74, 6) is -0.429. The van der Waals surface area contributed by atoms with E-state index >= 15 is 0 Å². The number of amides is 1. The van der Waals surface area contributed by atoms with Crippen LogP contribution in [0.4, 0.5) is 0 Å². The summed E-state index contributed by atoms with van der Waals surface area (Å²) in [5.41, 5.74) is 4.95. The first-order valence-corrected chi connectivity index (χ1v) is 6.09. The van der Waals surface area contributed by atoms with Gasteiger partial charge in [0.05, 0.1) is 19.8 Å². The monoisotopic (exact) mass is 245 g/mol. The minimum absolute atomic E-state index is 0.00587. The van der Waals surface area contributed by atoms with E-state index in [1.807, 2.05) is 0 Å². The molecule has 2 unspecified atom stereocenters. The second-order valence-electron chi connectivity index (χ2n) is 4.34. The molecule has 1 rings (SSSR count). The summed E-state index contributed by atoms with van der Waals surface area (Å²) in [6, 6.07) is 0.823. The van der Waals surface area contributed by atoms with E-state index < -0.39 is 5.91 Å². The van der Waals surface area contributed by atoms with Crippen molar-refractivity contribution in [1.29, 1.82) is 0 Å². The Morgan fingerprint density at radius 1 is 1.71 bits per heavy atom. The lowest BCUT2D eigenvalue weighted by molar-refractivity contribution is -0.122. The minimum atomic E-state index is -0.429. The Labute approximate surface area is 102 Å². The molecule has 1 fully saturated rings. The van der Waals surface area contributed by atoms with Gasteiger partial charge in [-0.05, 0) is 13.3 Å². The van der Waals surface area contributed by atoms with Crippen LogP contribution in [-0.4, -0.2) is 57.5 Å². The Kier molecular flexibility index (Phi) is 7.11. The topological polar surface area (TPSA) is 85.6 Å². The molecule has 100 valence electrons. The highest BCUT2D eigenvalue weighted by molar-refractivity contribution is 5.74. The van der Waals surface area contributed by atoms with Gasteiger partial charge < -0.3 is 25.8 Å². The molecule has 1 aliphatic rings. The SMILES string of the molecule is CC(CC1COCCN1)NCCOCC(N)=O. The van der Waals surface area contributed by atoms with Gasteiger partial charge in [-0.3, -0.25) is 4.79 Å². The van der Waals surface area contributed by atoms with Crippen molar-refractivity contribution in [2.45, 2.75) is 25.4 Å². The van der Waals surface area contributed by atoms with Gasteiger partial charge in [0, 0.05) is 25.2 Å². The van der Waals surface area contributed by atoms with Crippen molar-refractivity contribution in [3.05, 3.63) is 0 Å². The molecule has 1 aliphatic heterocycles. The maximum atomic E-state index is 10.4. The first kappa shape index (κ1) is 14.4. The Hall–Kier alpha value is -0.690. The Morgan fingerprint density at radius 2 is 2.53 bits per heavy atom. The number of rotatable bonds is 8. The predicted molar refractivity (Wildman–Crippen MR) is 64.7 cm³/mol. The maximum Gasteiger partial charge on any atom is 0.243 e. The van der Waals surface area contributed by atoms with Gasteiger partial charge >= 0.3 is 0 Å². The number of carbonyl (C=O) groups is 1. The lowest BCUT2D eigenvalue weighted by Crippen LogP contribution is -2.45. The summed E-state index contributed by atoms with van der Waals surface area (Å²) in [5, 5.41) is 6.74. The minimum Gasteiger partial charge on any atom is -0.379 e. The van der Waals surface area contributed by atoms with Crippen LogP contribution in [0.15, 0.2) is 0 Å². The molecule has 0 aliphatic carbocycles. The van der Waals surface area contributed by atoms with Gasteiger partial charge in [-0.2, -0.15) is 0 Å². The molecule has 2 atom stereocenters. The third kappa shape index (κ3) is 7.27. The molecule has 1 saturated heterocycles. The Balaban J connectivity index is 1.96. The van der Waals surface area contributed by atoms with Crippen LogP contribution in [0.3, 0.4) is 0 Å². The number of nitrogens with two attached hydrogens (primary N) is 1. The van der Waals surface area contributed by atoms with E-state index in [2.05, 4.69) is 17.6 Å².